The maximum absolute atomic E-state index is 14.9. The van der Waals surface area contributed by atoms with Gasteiger partial charge in [0.1, 0.15) is 11.3 Å². The van der Waals surface area contributed by atoms with Gasteiger partial charge < -0.3 is 14.2 Å². The summed E-state index contributed by atoms with van der Waals surface area (Å²) >= 11 is 0. The largest absolute Gasteiger partial charge is 0.375 e. The van der Waals surface area contributed by atoms with Crippen LogP contribution in [0.4, 0.5) is 13.2 Å². The third-order valence-corrected chi connectivity index (χ3v) is 5.64. The number of amides is 1. The molecule has 6 nitrogen and oxygen atoms in total. The first-order valence-electron chi connectivity index (χ1n) is 10.6. The van der Waals surface area contributed by atoms with Gasteiger partial charge in [-0.05, 0) is 31.5 Å². The molecule has 9 heteroatoms. The van der Waals surface area contributed by atoms with E-state index in [-0.39, 0.29) is 35.3 Å². The van der Waals surface area contributed by atoms with Crippen LogP contribution in [0.1, 0.15) is 32.2 Å². The van der Waals surface area contributed by atoms with E-state index < -0.39 is 11.7 Å². The lowest BCUT2D eigenvalue weighted by molar-refractivity contribution is -0.137. The number of fused-ring (bicyclic) bond motifs is 1. The molecule has 2 aromatic heterocycles. The number of benzene rings is 1. The van der Waals surface area contributed by atoms with Crippen LogP contribution >= 0.6 is 0 Å². The second kappa shape index (κ2) is 8.54. The van der Waals surface area contributed by atoms with E-state index in [0.29, 0.717) is 43.0 Å². The van der Waals surface area contributed by atoms with Gasteiger partial charge in [-0.25, -0.2) is 9.37 Å². The van der Waals surface area contributed by atoms with Crippen LogP contribution < -0.4 is 0 Å². The zero-order valence-corrected chi connectivity index (χ0v) is 18.2. The Morgan fingerprint density at radius 3 is 2.75 bits per heavy atom. The summed E-state index contributed by atoms with van der Waals surface area (Å²) < 4.78 is 50.0. The highest BCUT2D eigenvalue weighted by Crippen LogP contribution is 2.33. The maximum atomic E-state index is 14.9. The van der Waals surface area contributed by atoms with Gasteiger partial charge in [0.2, 0.25) is 5.91 Å². The predicted octanol–water partition coefficient (Wildman–Crippen LogP) is 4.16. The summed E-state index contributed by atoms with van der Waals surface area (Å²) in [6.45, 7) is 6.20. The fourth-order valence-corrected chi connectivity index (χ4v) is 4.08. The molecular formula is C23H25F3N4O2. The van der Waals surface area contributed by atoms with Crippen LogP contribution in [0.2, 0.25) is 0 Å². The number of hydrogen-bond donors (Lipinski definition) is 0. The van der Waals surface area contributed by atoms with Crippen molar-refractivity contribution in [1.29, 1.82) is 0 Å². The van der Waals surface area contributed by atoms with Crippen molar-refractivity contribution in [2.45, 2.75) is 45.8 Å². The second-order valence-corrected chi connectivity index (χ2v) is 8.10. The van der Waals surface area contributed by atoms with Gasteiger partial charge >= 0.3 is 5.92 Å². The lowest BCUT2D eigenvalue weighted by Crippen LogP contribution is -2.45. The molecule has 1 amide bonds. The minimum Gasteiger partial charge on any atom is -0.375 e. The number of halogens is 3. The molecule has 3 heterocycles. The summed E-state index contributed by atoms with van der Waals surface area (Å²) in [7, 11) is 0. The number of nitrogens with zero attached hydrogens (tertiary/aromatic N) is 4. The fraction of sp³-hybridized carbons (Fsp3) is 0.435. The van der Waals surface area contributed by atoms with Gasteiger partial charge in [0.05, 0.1) is 30.3 Å². The molecular weight excluding hydrogens is 421 g/mol. The number of aromatic nitrogens is 3. The van der Waals surface area contributed by atoms with Gasteiger partial charge in [0.25, 0.3) is 0 Å². The molecule has 0 saturated carbocycles. The molecule has 0 spiro atoms. The molecule has 0 bridgehead atoms. The Labute approximate surface area is 184 Å². The summed E-state index contributed by atoms with van der Waals surface area (Å²) in [5.74, 6) is -4.19. The molecule has 0 radical (unpaired) electrons. The first-order valence-corrected chi connectivity index (χ1v) is 10.6. The van der Waals surface area contributed by atoms with Gasteiger partial charge in [0, 0.05) is 38.3 Å². The van der Waals surface area contributed by atoms with Crippen LogP contribution in [0.25, 0.3) is 22.3 Å². The SMILES string of the molecule is CCn1c(C(C)(F)F)nc2c(-c3ccc(CC(=O)N4CCO[C@@H](C)C4)c(F)c3)nccc21. The third kappa shape index (κ3) is 4.21. The average Bonchev–Trinajstić information content (AvgIpc) is 3.14. The van der Waals surface area contributed by atoms with E-state index in [4.69, 9.17) is 4.74 Å². The van der Waals surface area contributed by atoms with Gasteiger partial charge in [-0.15, -0.1) is 0 Å². The number of carbonyl (C=O) groups excluding carboxylic acids is 1. The third-order valence-electron chi connectivity index (χ3n) is 5.64. The normalized spacial score (nSPS) is 17.2. The van der Waals surface area contributed by atoms with Crippen molar-refractivity contribution in [3.63, 3.8) is 0 Å². The van der Waals surface area contributed by atoms with Crippen molar-refractivity contribution in [2.75, 3.05) is 19.7 Å². The number of pyridine rings is 1. The van der Waals surface area contributed by atoms with Gasteiger partial charge in [-0.3, -0.25) is 9.78 Å². The second-order valence-electron chi connectivity index (χ2n) is 8.10. The van der Waals surface area contributed by atoms with Crippen LogP contribution in [0.3, 0.4) is 0 Å². The van der Waals surface area contributed by atoms with Crippen molar-refractivity contribution >= 4 is 16.9 Å². The molecule has 0 unspecified atom stereocenters. The highest BCUT2D eigenvalue weighted by molar-refractivity contribution is 5.90. The van der Waals surface area contributed by atoms with Crippen molar-refractivity contribution in [3.05, 3.63) is 47.7 Å². The molecule has 1 aliphatic rings. The van der Waals surface area contributed by atoms with Crippen LogP contribution in [0.15, 0.2) is 30.5 Å². The molecule has 1 aromatic carbocycles. The van der Waals surface area contributed by atoms with Crippen LogP contribution in [0.5, 0.6) is 0 Å². The Balaban J connectivity index is 1.66. The number of alkyl halides is 2. The summed E-state index contributed by atoms with van der Waals surface area (Å²) in [5.41, 5.74) is 1.80. The van der Waals surface area contributed by atoms with E-state index in [1.165, 1.54) is 16.8 Å². The molecule has 1 saturated heterocycles. The zero-order chi connectivity index (χ0) is 23.0. The summed E-state index contributed by atoms with van der Waals surface area (Å²) in [6, 6.07) is 6.08. The van der Waals surface area contributed by atoms with Crippen LogP contribution in [-0.2, 0) is 28.4 Å². The average molecular weight is 446 g/mol. The molecule has 3 aromatic rings. The number of rotatable bonds is 5. The van der Waals surface area contributed by atoms with Crippen molar-refractivity contribution in [2.24, 2.45) is 0 Å². The highest BCUT2D eigenvalue weighted by atomic mass is 19.3. The standard InChI is InChI=1S/C23H25F3N4O2/c1-4-30-18-7-8-27-20(21(18)28-22(30)23(3,25)26)16-6-5-15(17(24)11-16)12-19(31)29-9-10-32-14(2)13-29/h5-8,11,14H,4,9-10,12-13H2,1-3H3/t14-/m0/s1. The lowest BCUT2D eigenvalue weighted by Gasteiger charge is -2.31. The lowest BCUT2D eigenvalue weighted by atomic mass is 10.0. The Bertz CT molecular complexity index is 1160. The summed E-state index contributed by atoms with van der Waals surface area (Å²) in [5, 5.41) is 0. The molecule has 0 aliphatic carbocycles. The minimum atomic E-state index is -3.13. The van der Waals surface area contributed by atoms with E-state index in [1.54, 1.807) is 30.0 Å². The molecule has 1 fully saturated rings. The zero-order valence-electron chi connectivity index (χ0n) is 18.2. The quantitative estimate of drug-likeness (QED) is 0.591. The minimum absolute atomic E-state index is 0.0465. The van der Waals surface area contributed by atoms with Crippen molar-refractivity contribution < 1.29 is 22.7 Å². The predicted molar refractivity (Wildman–Crippen MR) is 114 cm³/mol. The van der Waals surface area contributed by atoms with Crippen molar-refractivity contribution in [1.82, 2.24) is 19.4 Å². The van der Waals surface area contributed by atoms with Gasteiger partial charge in [0.15, 0.2) is 5.82 Å². The molecule has 1 aliphatic heterocycles. The van der Waals surface area contributed by atoms with E-state index >= 15 is 0 Å². The highest BCUT2D eigenvalue weighted by Gasteiger charge is 2.32. The Kier molecular flexibility index (Phi) is 5.94. The molecule has 32 heavy (non-hydrogen) atoms. The van der Waals surface area contributed by atoms with Crippen LogP contribution in [0, 0.1) is 5.82 Å². The Morgan fingerprint density at radius 2 is 2.09 bits per heavy atom. The number of ether oxygens (including phenoxy) is 1. The maximum Gasteiger partial charge on any atom is 0.302 e. The first-order chi connectivity index (χ1) is 15.2. The fourth-order valence-electron chi connectivity index (χ4n) is 4.08. The van der Waals surface area contributed by atoms with Crippen molar-refractivity contribution in [3.8, 4) is 11.3 Å². The molecule has 1 atom stereocenters. The number of aryl methyl sites for hydroxylation is 1. The first kappa shape index (κ1) is 22.3. The van der Waals surface area contributed by atoms with E-state index in [1.807, 2.05) is 6.92 Å². The Morgan fingerprint density at radius 1 is 1.31 bits per heavy atom. The summed E-state index contributed by atoms with van der Waals surface area (Å²) in [6.07, 6.45) is 1.39. The molecule has 4 rings (SSSR count). The molecule has 170 valence electrons. The van der Waals surface area contributed by atoms with E-state index in [0.717, 1.165) is 6.92 Å². The topological polar surface area (TPSA) is 60.2 Å². The van der Waals surface area contributed by atoms with Crippen LogP contribution in [-0.4, -0.2) is 51.1 Å². The van der Waals surface area contributed by atoms with Gasteiger partial charge in [-0.1, -0.05) is 12.1 Å². The smallest absolute Gasteiger partial charge is 0.302 e. The number of carbonyl (C=O) groups is 1. The van der Waals surface area contributed by atoms with E-state index in [2.05, 4.69) is 9.97 Å². The molecule has 0 N–H and O–H groups in total. The number of hydrogen-bond acceptors (Lipinski definition) is 4. The Hall–Kier alpha value is -2.94. The number of morpholine rings is 1. The monoisotopic (exact) mass is 446 g/mol. The van der Waals surface area contributed by atoms with Gasteiger partial charge in [-0.2, -0.15) is 8.78 Å². The van der Waals surface area contributed by atoms with E-state index in [9.17, 15) is 18.0 Å². The summed E-state index contributed by atoms with van der Waals surface area (Å²) in [4.78, 5) is 22.7. The number of imidazole rings is 1.